The summed E-state index contributed by atoms with van der Waals surface area (Å²) >= 11 is 3.60. The Morgan fingerprint density at radius 3 is 2.71 bits per heavy atom. The molecule has 3 heteroatoms. The van der Waals surface area contributed by atoms with Crippen molar-refractivity contribution in [2.45, 2.75) is 19.9 Å². The third kappa shape index (κ3) is 2.45. The maximum Gasteiger partial charge on any atom is 0.135 e. The fourth-order valence-electron chi connectivity index (χ4n) is 1.71. The van der Waals surface area contributed by atoms with Crippen molar-refractivity contribution in [1.82, 2.24) is 5.32 Å². The summed E-state index contributed by atoms with van der Waals surface area (Å²) in [5.74, 6) is 1.86. The Kier molecular flexibility index (Phi) is 3.69. The van der Waals surface area contributed by atoms with Gasteiger partial charge < -0.3 is 9.73 Å². The SMILES string of the molecule is CNC(C)c1ccc(-c2cccc(C)c2Br)o1. The van der Waals surface area contributed by atoms with Gasteiger partial charge in [-0.25, -0.2) is 0 Å². The van der Waals surface area contributed by atoms with Crippen LogP contribution in [0.15, 0.2) is 39.2 Å². The van der Waals surface area contributed by atoms with Gasteiger partial charge in [0.1, 0.15) is 11.5 Å². The summed E-state index contributed by atoms with van der Waals surface area (Å²) in [5, 5.41) is 3.17. The van der Waals surface area contributed by atoms with E-state index in [2.05, 4.69) is 47.2 Å². The summed E-state index contributed by atoms with van der Waals surface area (Å²) in [4.78, 5) is 0. The fraction of sp³-hybridized carbons (Fsp3) is 0.286. The first-order valence-corrected chi connectivity index (χ1v) is 6.45. The van der Waals surface area contributed by atoms with E-state index in [0.717, 1.165) is 21.6 Å². The number of rotatable bonds is 3. The van der Waals surface area contributed by atoms with Crippen LogP contribution in [0.1, 0.15) is 24.3 Å². The van der Waals surface area contributed by atoms with Crippen LogP contribution in [0.5, 0.6) is 0 Å². The third-order valence-electron chi connectivity index (χ3n) is 2.94. The number of halogens is 1. The van der Waals surface area contributed by atoms with Crippen molar-refractivity contribution in [1.29, 1.82) is 0 Å². The maximum absolute atomic E-state index is 5.87. The Labute approximate surface area is 110 Å². The van der Waals surface area contributed by atoms with E-state index in [1.807, 2.05) is 25.2 Å². The van der Waals surface area contributed by atoms with Crippen molar-refractivity contribution in [3.63, 3.8) is 0 Å². The minimum atomic E-state index is 0.229. The van der Waals surface area contributed by atoms with Crippen LogP contribution in [0.2, 0.25) is 0 Å². The largest absolute Gasteiger partial charge is 0.459 e. The molecule has 2 aromatic rings. The van der Waals surface area contributed by atoms with Crippen LogP contribution >= 0.6 is 15.9 Å². The Morgan fingerprint density at radius 2 is 2.00 bits per heavy atom. The first-order valence-electron chi connectivity index (χ1n) is 5.66. The van der Waals surface area contributed by atoms with Gasteiger partial charge in [-0.1, -0.05) is 18.2 Å². The van der Waals surface area contributed by atoms with Crippen LogP contribution in [0.25, 0.3) is 11.3 Å². The zero-order valence-electron chi connectivity index (χ0n) is 10.3. The van der Waals surface area contributed by atoms with E-state index < -0.39 is 0 Å². The predicted molar refractivity (Wildman–Crippen MR) is 74.1 cm³/mol. The highest BCUT2D eigenvalue weighted by Gasteiger charge is 2.12. The van der Waals surface area contributed by atoms with Crippen molar-refractivity contribution in [2.24, 2.45) is 0 Å². The standard InChI is InChI=1S/C14H16BrNO/c1-9-5-4-6-11(14(9)15)13-8-7-12(17-13)10(2)16-3/h4-8,10,16H,1-3H3. The highest BCUT2D eigenvalue weighted by Crippen LogP contribution is 2.32. The number of hydrogen-bond donors (Lipinski definition) is 1. The van der Waals surface area contributed by atoms with E-state index in [1.165, 1.54) is 5.56 Å². The van der Waals surface area contributed by atoms with Gasteiger partial charge in [0.05, 0.1) is 6.04 Å². The van der Waals surface area contributed by atoms with Gasteiger partial charge in [-0.05, 0) is 54.5 Å². The van der Waals surface area contributed by atoms with E-state index in [9.17, 15) is 0 Å². The number of furan rings is 1. The molecule has 90 valence electrons. The van der Waals surface area contributed by atoms with Crippen LogP contribution < -0.4 is 5.32 Å². The maximum atomic E-state index is 5.87. The molecule has 2 nitrogen and oxygen atoms in total. The molecule has 0 bridgehead atoms. The average Bonchev–Trinajstić information content (AvgIpc) is 2.81. The van der Waals surface area contributed by atoms with Crippen molar-refractivity contribution in [3.05, 3.63) is 46.1 Å². The van der Waals surface area contributed by atoms with Gasteiger partial charge in [0.25, 0.3) is 0 Å². The van der Waals surface area contributed by atoms with Crippen LogP contribution in [0.4, 0.5) is 0 Å². The van der Waals surface area contributed by atoms with Crippen LogP contribution in [-0.2, 0) is 0 Å². The lowest BCUT2D eigenvalue weighted by atomic mass is 10.1. The summed E-state index contributed by atoms with van der Waals surface area (Å²) in [6.45, 7) is 4.15. The first kappa shape index (κ1) is 12.4. The highest BCUT2D eigenvalue weighted by molar-refractivity contribution is 9.10. The second-order valence-corrected chi connectivity index (χ2v) is 4.94. The first-order chi connectivity index (χ1) is 8.13. The second-order valence-electron chi connectivity index (χ2n) is 4.15. The minimum Gasteiger partial charge on any atom is -0.459 e. The molecule has 17 heavy (non-hydrogen) atoms. The van der Waals surface area contributed by atoms with Crippen molar-refractivity contribution in [2.75, 3.05) is 7.05 Å². The zero-order valence-corrected chi connectivity index (χ0v) is 11.8. The van der Waals surface area contributed by atoms with Gasteiger partial charge in [0.2, 0.25) is 0 Å². The average molecular weight is 294 g/mol. The summed E-state index contributed by atoms with van der Waals surface area (Å²) in [5.41, 5.74) is 2.31. The Bertz CT molecular complexity index is 519. The lowest BCUT2D eigenvalue weighted by Gasteiger charge is -2.07. The quantitative estimate of drug-likeness (QED) is 0.913. The number of nitrogens with one attached hydrogen (secondary N) is 1. The van der Waals surface area contributed by atoms with Gasteiger partial charge in [0.15, 0.2) is 0 Å². The Balaban J connectivity index is 2.40. The van der Waals surface area contributed by atoms with E-state index in [1.54, 1.807) is 0 Å². The van der Waals surface area contributed by atoms with Gasteiger partial charge in [-0.15, -0.1) is 0 Å². The lowest BCUT2D eigenvalue weighted by Crippen LogP contribution is -2.11. The summed E-state index contributed by atoms with van der Waals surface area (Å²) in [6, 6.07) is 10.4. The highest BCUT2D eigenvalue weighted by atomic mass is 79.9. The summed E-state index contributed by atoms with van der Waals surface area (Å²) < 4.78 is 6.96. The summed E-state index contributed by atoms with van der Waals surface area (Å²) in [6.07, 6.45) is 0. The third-order valence-corrected chi connectivity index (χ3v) is 4.00. The minimum absolute atomic E-state index is 0.229. The van der Waals surface area contributed by atoms with Gasteiger partial charge in [-0.3, -0.25) is 0 Å². The summed E-state index contributed by atoms with van der Waals surface area (Å²) in [7, 11) is 1.93. The van der Waals surface area contributed by atoms with Crippen LogP contribution in [0, 0.1) is 6.92 Å². The molecule has 0 spiro atoms. The molecule has 1 aromatic heterocycles. The molecule has 1 atom stereocenters. The van der Waals surface area contributed by atoms with Gasteiger partial charge >= 0.3 is 0 Å². The number of benzene rings is 1. The topological polar surface area (TPSA) is 25.2 Å². The van der Waals surface area contributed by atoms with E-state index >= 15 is 0 Å². The van der Waals surface area contributed by atoms with Crippen molar-refractivity contribution in [3.8, 4) is 11.3 Å². The molecule has 2 rings (SSSR count). The monoisotopic (exact) mass is 293 g/mol. The van der Waals surface area contributed by atoms with Crippen LogP contribution in [0.3, 0.4) is 0 Å². The molecule has 0 amide bonds. The van der Waals surface area contributed by atoms with Crippen molar-refractivity contribution >= 4 is 15.9 Å². The fourth-order valence-corrected chi connectivity index (χ4v) is 2.17. The zero-order chi connectivity index (χ0) is 12.4. The Hall–Kier alpha value is -1.06. The Morgan fingerprint density at radius 1 is 1.24 bits per heavy atom. The molecule has 0 aliphatic heterocycles. The van der Waals surface area contributed by atoms with E-state index in [-0.39, 0.29) is 6.04 Å². The van der Waals surface area contributed by atoms with Gasteiger partial charge in [0, 0.05) is 10.0 Å². The van der Waals surface area contributed by atoms with E-state index in [4.69, 9.17) is 4.42 Å². The second kappa shape index (κ2) is 5.07. The number of hydrogen-bond acceptors (Lipinski definition) is 2. The number of aryl methyl sites for hydroxylation is 1. The van der Waals surface area contributed by atoms with Gasteiger partial charge in [-0.2, -0.15) is 0 Å². The molecular weight excluding hydrogens is 278 g/mol. The molecule has 0 saturated heterocycles. The molecule has 1 aromatic carbocycles. The molecule has 0 fully saturated rings. The molecule has 1 heterocycles. The molecule has 0 aliphatic carbocycles. The van der Waals surface area contributed by atoms with E-state index in [0.29, 0.717) is 0 Å². The molecule has 0 radical (unpaired) electrons. The lowest BCUT2D eigenvalue weighted by molar-refractivity contribution is 0.458. The molecule has 1 N–H and O–H groups in total. The molecule has 0 aliphatic rings. The molecule has 1 unspecified atom stereocenters. The normalized spacial score (nSPS) is 12.7. The smallest absolute Gasteiger partial charge is 0.135 e. The molecular formula is C14H16BrNO. The van der Waals surface area contributed by atoms with Crippen molar-refractivity contribution < 1.29 is 4.42 Å². The molecule has 0 saturated carbocycles. The predicted octanol–water partition coefficient (Wildman–Crippen LogP) is 4.30. The van der Waals surface area contributed by atoms with Crippen LogP contribution in [-0.4, -0.2) is 7.05 Å².